The van der Waals surface area contributed by atoms with E-state index in [9.17, 15) is 9.59 Å². The fourth-order valence-electron chi connectivity index (χ4n) is 2.87. The van der Waals surface area contributed by atoms with Crippen LogP contribution in [0.1, 0.15) is 21.5 Å². The molecule has 0 saturated carbocycles. The quantitative estimate of drug-likeness (QED) is 0.168. The van der Waals surface area contributed by atoms with E-state index in [1.807, 2.05) is 0 Å². The molecule has 0 aliphatic carbocycles. The number of hydrogen-bond donors (Lipinski definition) is 0. The summed E-state index contributed by atoms with van der Waals surface area (Å²) in [4.78, 5) is 29.5. The molecule has 0 bridgehead atoms. The topological polar surface area (TPSA) is 65.0 Å². The number of benzene rings is 3. The van der Waals surface area contributed by atoms with Crippen molar-refractivity contribution in [1.29, 1.82) is 0 Å². The highest BCUT2D eigenvalue weighted by atomic mass is 79.9. The Bertz CT molecular complexity index is 1350. The summed E-state index contributed by atoms with van der Waals surface area (Å²) in [6, 6.07) is 14.5. The zero-order chi connectivity index (χ0) is 23.7. The maximum Gasteiger partial charge on any atom is 0.363 e. The molecule has 1 aliphatic heterocycles. The highest BCUT2D eigenvalue weighted by Gasteiger charge is 2.25. The minimum atomic E-state index is -0.696. The maximum atomic E-state index is 12.8. The predicted octanol–water partition coefficient (Wildman–Crippen LogP) is 7.74. The average molecular weight is 631 g/mol. The van der Waals surface area contributed by atoms with Crippen LogP contribution in [-0.4, -0.2) is 17.8 Å². The normalized spacial score (nSPS) is 14.3. The second-order valence-electron chi connectivity index (χ2n) is 6.66. The molecule has 0 atom stereocenters. The Morgan fingerprint density at radius 1 is 0.970 bits per heavy atom. The van der Waals surface area contributed by atoms with E-state index in [4.69, 9.17) is 44.3 Å². The van der Waals surface area contributed by atoms with Crippen molar-refractivity contribution in [3.63, 3.8) is 0 Å². The SMILES string of the molecule is O=C1OC(c2ccc(Cl)cc2)=N/C1=C\c1cc(Br)cc(Br)c1OC(=O)c1ccc(Cl)cc1Cl. The lowest BCUT2D eigenvalue weighted by molar-refractivity contribution is -0.129. The van der Waals surface area contributed by atoms with Crippen LogP contribution in [0.2, 0.25) is 15.1 Å². The molecule has 0 saturated heterocycles. The molecule has 33 heavy (non-hydrogen) atoms. The number of hydrogen-bond acceptors (Lipinski definition) is 5. The zero-order valence-corrected chi connectivity index (χ0v) is 21.7. The monoisotopic (exact) mass is 627 g/mol. The highest BCUT2D eigenvalue weighted by Crippen LogP contribution is 2.36. The average Bonchev–Trinajstić information content (AvgIpc) is 3.11. The van der Waals surface area contributed by atoms with Crippen molar-refractivity contribution in [2.75, 3.05) is 0 Å². The molecule has 0 unspecified atom stereocenters. The molecule has 3 aromatic carbocycles. The Hall–Kier alpha value is -2.16. The minimum Gasteiger partial charge on any atom is -0.421 e. The van der Waals surface area contributed by atoms with Gasteiger partial charge in [-0.3, -0.25) is 0 Å². The molecule has 1 heterocycles. The predicted molar refractivity (Wildman–Crippen MR) is 135 cm³/mol. The van der Waals surface area contributed by atoms with Crippen molar-refractivity contribution in [3.05, 3.63) is 101 Å². The van der Waals surface area contributed by atoms with E-state index in [1.165, 1.54) is 24.3 Å². The molecule has 5 nitrogen and oxygen atoms in total. The van der Waals surface area contributed by atoms with Crippen molar-refractivity contribution in [2.24, 2.45) is 4.99 Å². The number of ether oxygens (including phenoxy) is 2. The Labute approximate surface area is 220 Å². The van der Waals surface area contributed by atoms with Crippen LogP contribution >= 0.6 is 66.7 Å². The lowest BCUT2D eigenvalue weighted by Gasteiger charge is -2.12. The van der Waals surface area contributed by atoms with E-state index in [-0.39, 0.29) is 27.9 Å². The third-order valence-corrected chi connectivity index (χ3v) is 6.23. The molecule has 0 aromatic heterocycles. The summed E-state index contributed by atoms with van der Waals surface area (Å²) < 4.78 is 12.1. The van der Waals surface area contributed by atoms with Crippen molar-refractivity contribution in [3.8, 4) is 5.75 Å². The van der Waals surface area contributed by atoms with Crippen LogP contribution in [0.3, 0.4) is 0 Å². The number of nitrogens with zero attached hydrogens (tertiary/aromatic N) is 1. The van der Waals surface area contributed by atoms with Crippen LogP contribution < -0.4 is 4.74 Å². The van der Waals surface area contributed by atoms with Crippen molar-refractivity contribution >= 4 is 90.6 Å². The van der Waals surface area contributed by atoms with Crippen LogP contribution in [0.15, 0.2) is 74.2 Å². The molecule has 1 aliphatic rings. The molecule has 0 N–H and O–H groups in total. The summed E-state index contributed by atoms with van der Waals surface area (Å²) >= 11 is 24.7. The van der Waals surface area contributed by atoms with Gasteiger partial charge >= 0.3 is 11.9 Å². The van der Waals surface area contributed by atoms with E-state index in [1.54, 1.807) is 36.4 Å². The first kappa shape index (κ1) is 24.0. The fraction of sp³-hybridized carbons (Fsp3) is 0. The van der Waals surface area contributed by atoms with E-state index in [0.29, 0.717) is 30.1 Å². The molecule has 0 spiro atoms. The molecule has 0 radical (unpaired) electrons. The number of carbonyl (C=O) groups excluding carboxylic acids is 2. The van der Waals surface area contributed by atoms with Crippen LogP contribution in [0, 0.1) is 0 Å². The number of carbonyl (C=O) groups is 2. The zero-order valence-electron chi connectivity index (χ0n) is 16.2. The van der Waals surface area contributed by atoms with Gasteiger partial charge in [-0.25, -0.2) is 14.6 Å². The van der Waals surface area contributed by atoms with E-state index in [0.717, 1.165) is 0 Å². The van der Waals surface area contributed by atoms with Gasteiger partial charge in [0.25, 0.3) is 0 Å². The molecular weight excluding hydrogens is 620 g/mol. The lowest BCUT2D eigenvalue weighted by atomic mass is 10.1. The highest BCUT2D eigenvalue weighted by molar-refractivity contribution is 9.11. The summed E-state index contributed by atoms with van der Waals surface area (Å²) in [5.74, 6) is -1.03. The van der Waals surface area contributed by atoms with E-state index in [2.05, 4.69) is 36.9 Å². The molecule has 166 valence electrons. The fourth-order valence-corrected chi connectivity index (χ4v) is 4.82. The van der Waals surface area contributed by atoms with Crippen LogP contribution in [-0.2, 0) is 9.53 Å². The smallest absolute Gasteiger partial charge is 0.363 e. The number of esters is 2. The second kappa shape index (κ2) is 9.99. The van der Waals surface area contributed by atoms with Gasteiger partial charge in [0, 0.05) is 25.6 Å². The summed E-state index contributed by atoms with van der Waals surface area (Å²) in [6.07, 6.45) is 1.47. The largest absolute Gasteiger partial charge is 0.421 e. The van der Waals surface area contributed by atoms with Crippen LogP contribution in [0.4, 0.5) is 0 Å². The third-order valence-electron chi connectivity index (χ3n) is 4.39. The van der Waals surface area contributed by atoms with Crippen molar-refractivity contribution in [2.45, 2.75) is 0 Å². The van der Waals surface area contributed by atoms with Gasteiger partial charge in [-0.2, -0.15) is 0 Å². The second-order valence-corrected chi connectivity index (χ2v) is 9.71. The maximum absolute atomic E-state index is 12.8. The number of rotatable bonds is 4. The standard InChI is InChI=1S/C23H10Br2Cl3NO4/c24-13-7-12(8-19-23(31)33-21(29-19)11-1-3-14(26)4-2-11)20(17(25)9-13)32-22(30)16-6-5-15(27)10-18(16)28/h1-10H/b19-8-. The molecule has 4 rings (SSSR count). The van der Waals surface area contributed by atoms with Gasteiger partial charge in [-0.15, -0.1) is 0 Å². The van der Waals surface area contributed by atoms with Gasteiger partial charge in [-0.1, -0.05) is 50.7 Å². The summed E-state index contributed by atoms with van der Waals surface area (Å²) in [6.45, 7) is 0. The molecule has 0 amide bonds. The van der Waals surface area contributed by atoms with E-state index >= 15 is 0 Å². The van der Waals surface area contributed by atoms with Gasteiger partial charge < -0.3 is 9.47 Å². The number of cyclic esters (lactones) is 1. The van der Waals surface area contributed by atoms with Gasteiger partial charge in [0.2, 0.25) is 5.90 Å². The first-order chi connectivity index (χ1) is 15.7. The molecule has 10 heteroatoms. The Morgan fingerprint density at radius 3 is 2.36 bits per heavy atom. The van der Waals surface area contributed by atoms with Crippen LogP contribution in [0.25, 0.3) is 6.08 Å². The lowest BCUT2D eigenvalue weighted by Crippen LogP contribution is -2.10. The Kier molecular flexibility index (Phi) is 7.26. The van der Waals surface area contributed by atoms with Gasteiger partial charge in [0.1, 0.15) is 0 Å². The third kappa shape index (κ3) is 5.50. The summed E-state index contributed by atoms with van der Waals surface area (Å²) in [5, 5.41) is 1.09. The van der Waals surface area contributed by atoms with Crippen molar-refractivity contribution in [1.82, 2.24) is 0 Å². The van der Waals surface area contributed by atoms with Crippen LogP contribution in [0.5, 0.6) is 5.75 Å². The first-order valence-corrected chi connectivity index (χ1v) is 11.9. The Balaban J connectivity index is 1.71. The van der Waals surface area contributed by atoms with Gasteiger partial charge in [0.05, 0.1) is 15.1 Å². The Morgan fingerprint density at radius 2 is 1.67 bits per heavy atom. The summed E-state index contributed by atoms with van der Waals surface area (Å²) in [7, 11) is 0. The summed E-state index contributed by atoms with van der Waals surface area (Å²) in [5.41, 5.74) is 1.17. The first-order valence-electron chi connectivity index (χ1n) is 9.16. The molecular formula is C23H10Br2Cl3NO4. The number of halogens is 5. The van der Waals surface area contributed by atoms with Gasteiger partial charge in [-0.05, 0) is 76.6 Å². The van der Waals surface area contributed by atoms with Crippen molar-refractivity contribution < 1.29 is 19.1 Å². The minimum absolute atomic E-state index is 0.0341. The molecule has 3 aromatic rings. The number of aliphatic imine (C=N–C) groups is 1. The molecule has 0 fully saturated rings. The van der Waals surface area contributed by atoms with E-state index < -0.39 is 11.9 Å². The van der Waals surface area contributed by atoms with Gasteiger partial charge in [0.15, 0.2) is 11.4 Å².